The maximum absolute atomic E-state index is 12.9. The molecule has 0 heterocycles. The molecule has 0 fully saturated rings. The average molecular weight is 1030 g/mol. The Bertz CT molecular complexity index is 1370. The van der Waals surface area contributed by atoms with Crippen LogP contribution in [-0.4, -0.2) is 37.2 Å². The quantitative estimate of drug-likeness (QED) is 0.0261. The molecule has 0 saturated heterocycles. The molecule has 0 aliphatic carbocycles. The molecule has 0 spiro atoms. The highest BCUT2D eigenvalue weighted by molar-refractivity contribution is 5.71. The molecule has 0 radical (unpaired) electrons. The van der Waals surface area contributed by atoms with E-state index in [1.807, 2.05) is 0 Å². The number of carbonyl (C=O) groups is 3. The Morgan fingerprint density at radius 2 is 0.527 bits per heavy atom. The van der Waals surface area contributed by atoms with E-state index in [2.05, 4.69) is 93.7 Å². The molecule has 0 saturated carbocycles. The summed E-state index contributed by atoms with van der Waals surface area (Å²) in [5, 5.41) is 0. The lowest BCUT2D eigenvalue weighted by molar-refractivity contribution is -0.167. The van der Waals surface area contributed by atoms with Gasteiger partial charge in [0.1, 0.15) is 13.2 Å². The Morgan fingerprint density at radius 3 is 0.824 bits per heavy atom. The van der Waals surface area contributed by atoms with Crippen molar-refractivity contribution in [3.05, 3.63) is 72.9 Å². The summed E-state index contributed by atoms with van der Waals surface area (Å²) in [5.41, 5.74) is 0. The van der Waals surface area contributed by atoms with E-state index in [0.29, 0.717) is 19.3 Å². The lowest BCUT2D eigenvalue weighted by atomic mass is 10.0. The Hall–Kier alpha value is -3.15. The van der Waals surface area contributed by atoms with Gasteiger partial charge in [0.15, 0.2) is 6.10 Å². The van der Waals surface area contributed by atoms with Crippen molar-refractivity contribution in [2.24, 2.45) is 0 Å². The Kier molecular flexibility index (Phi) is 59.7. The molecule has 1 atom stereocenters. The summed E-state index contributed by atoms with van der Waals surface area (Å²) in [4.78, 5) is 38.2. The van der Waals surface area contributed by atoms with Gasteiger partial charge in [-0.2, -0.15) is 0 Å². The van der Waals surface area contributed by atoms with Crippen molar-refractivity contribution in [3.8, 4) is 0 Å². The predicted molar refractivity (Wildman–Crippen MR) is 321 cm³/mol. The van der Waals surface area contributed by atoms with Crippen LogP contribution in [0.4, 0.5) is 0 Å². The molecule has 0 aromatic heterocycles. The fraction of sp³-hybridized carbons (Fsp3) is 0.779. The van der Waals surface area contributed by atoms with Gasteiger partial charge < -0.3 is 14.2 Å². The van der Waals surface area contributed by atoms with E-state index >= 15 is 0 Å². The Balaban J connectivity index is 4.17. The molecule has 0 aromatic carbocycles. The molecule has 0 rings (SSSR count). The van der Waals surface area contributed by atoms with E-state index in [4.69, 9.17) is 14.2 Å². The van der Waals surface area contributed by atoms with Crippen LogP contribution in [-0.2, 0) is 28.6 Å². The number of ether oxygens (including phenoxy) is 3. The van der Waals surface area contributed by atoms with Gasteiger partial charge in [-0.1, -0.05) is 286 Å². The van der Waals surface area contributed by atoms with Gasteiger partial charge in [0, 0.05) is 19.3 Å². The summed E-state index contributed by atoms with van der Waals surface area (Å²) >= 11 is 0. The van der Waals surface area contributed by atoms with Crippen LogP contribution >= 0.6 is 0 Å². The van der Waals surface area contributed by atoms with Crippen molar-refractivity contribution < 1.29 is 28.6 Å². The fourth-order valence-electron chi connectivity index (χ4n) is 9.17. The topological polar surface area (TPSA) is 78.9 Å². The van der Waals surface area contributed by atoms with Crippen LogP contribution < -0.4 is 0 Å². The number of unbranched alkanes of at least 4 members (excludes halogenated alkanes) is 35. The molecule has 0 aliphatic heterocycles. The SMILES string of the molecule is CC/C=C\C/C=C\C/C=C\C/C=C\CCCCCCC(=O)OC(COC(=O)CCCCCCCCCCCC)COC(=O)CCCCCCCCCCCCCCCCCCC/C=C\C/C=C\CCCCCCC. The first-order chi connectivity index (χ1) is 36.5. The van der Waals surface area contributed by atoms with Crippen LogP contribution in [0.5, 0.6) is 0 Å². The minimum absolute atomic E-state index is 0.0820. The maximum Gasteiger partial charge on any atom is 0.306 e. The minimum atomic E-state index is -0.786. The highest BCUT2D eigenvalue weighted by Gasteiger charge is 2.19. The largest absolute Gasteiger partial charge is 0.462 e. The standard InChI is InChI=1S/C68H120O6/c1-4-7-10-13-16-19-22-24-26-28-29-30-31-32-33-34-35-36-37-38-39-41-42-44-46-49-52-55-58-61-67(70)73-64-65(63-72-66(69)60-57-54-51-48-21-18-15-12-9-6-3)74-68(71)62-59-56-53-50-47-45-43-40-27-25-23-20-17-14-11-8-5-2/h8,11,17,20,22,24-25,27-29,43,45,65H,4-7,9-10,12-16,18-19,21,23,26,30-42,44,46-64H2,1-3H3/b11-8-,20-17-,24-22-,27-25-,29-28-,45-43-. The molecule has 0 N–H and O–H groups in total. The van der Waals surface area contributed by atoms with Crippen molar-refractivity contribution in [2.45, 2.75) is 329 Å². The van der Waals surface area contributed by atoms with Crippen LogP contribution in [0.25, 0.3) is 0 Å². The van der Waals surface area contributed by atoms with Crippen LogP contribution in [0.2, 0.25) is 0 Å². The van der Waals surface area contributed by atoms with E-state index in [9.17, 15) is 14.4 Å². The Labute approximate surface area is 459 Å². The van der Waals surface area contributed by atoms with E-state index in [1.165, 1.54) is 180 Å². The number of rotatable bonds is 58. The second-order valence-corrected chi connectivity index (χ2v) is 21.3. The molecule has 0 amide bonds. The molecule has 0 aromatic rings. The monoisotopic (exact) mass is 1030 g/mol. The molecule has 1 unspecified atom stereocenters. The van der Waals surface area contributed by atoms with Gasteiger partial charge in [-0.3, -0.25) is 14.4 Å². The predicted octanol–water partition coefficient (Wildman–Crippen LogP) is 21.7. The molecule has 6 nitrogen and oxygen atoms in total. The molecular weight excluding hydrogens is 913 g/mol. The molecule has 74 heavy (non-hydrogen) atoms. The van der Waals surface area contributed by atoms with Crippen LogP contribution in [0.1, 0.15) is 323 Å². The second-order valence-electron chi connectivity index (χ2n) is 21.3. The smallest absolute Gasteiger partial charge is 0.306 e. The van der Waals surface area contributed by atoms with Gasteiger partial charge >= 0.3 is 17.9 Å². The molecular formula is C68H120O6. The van der Waals surface area contributed by atoms with Gasteiger partial charge in [-0.25, -0.2) is 0 Å². The van der Waals surface area contributed by atoms with Gasteiger partial charge in [-0.15, -0.1) is 0 Å². The first-order valence-corrected chi connectivity index (χ1v) is 31.9. The summed E-state index contributed by atoms with van der Waals surface area (Å²) in [7, 11) is 0. The number of allylic oxidation sites excluding steroid dienone is 12. The van der Waals surface area contributed by atoms with E-state index in [-0.39, 0.29) is 31.1 Å². The van der Waals surface area contributed by atoms with Crippen LogP contribution in [0, 0.1) is 0 Å². The normalized spacial score (nSPS) is 12.5. The van der Waals surface area contributed by atoms with E-state index in [1.54, 1.807) is 0 Å². The Morgan fingerprint density at radius 1 is 0.284 bits per heavy atom. The number of hydrogen-bond acceptors (Lipinski definition) is 6. The molecule has 428 valence electrons. The average Bonchev–Trinajstić information content (AvgIpc) is 3.40. The fourth-order valence-corrected chi connectivity index (χ4v) is 9.17. The van der Waals surface area contributed by atoms with Crippen LogP contribution in [0.15, 0.2) is 72.9 Å². The summed E-state index contributed by atoms with van der Waals surface area (Å²) < 4.78 is 16.9. The zero-order valence-electron chi connectivity index (χ0n) is 49.1. The first-order valence-electron chi connectivity index (χ1n) is 31.9. The third kappa shape index (κ3) is 59.7. The third-order valence-corrected chi connectivity index (χ3v) is 13.9. The highest BCUT2D eigenvalue weighted by atomic mass is 16.6. The lowest BCUT2D eigenvalue weighted by Gasteiger charge is -2.18. The summed E-state index contributed by atoms with van der Waals surface area (Å²) in [6.07, 6.45) is 80.7. The number of esters is 3. The molecule has 0 aliphatic rings. The maximum atomic E-state index is 12.9. The van der Waals surface area contributed by atoms with Gasteiger partial charge in [0.2, 0.25) is 0 Å². The molecule has 6 heteroatoms. The lowest BCUT2D eigenvalue weighted by Crippen LogP contribution is -2.30. The first kappa shape index (κ1) is 70.8. The minimum Gasteiger partial charge on any atom is -0.462 e. The van der Waals surface area contributed by atoms with E-state index in [0.717, 1.165) is 103 Å². The third-order valence-electron chi connectivity index (χ3n) is 13.9. The van der Waals surface area contributed by atoms with Crippen LogP contribution in [0.3, 0.4) is 0 Å². The molecule has 0 bridgehead atoms. The van der Waals surface area contributed by atoms with Gasteiger partial charge in [0.25, 0.3) is 0 Å². The second kappa shape index (κ2) is 62.4. The summed E-state index contributed by atoms with van der Waals surface area (Å²) in [5.74, 6) is -0.894. The summed E-state index contributed by atoms with van der Waals surface area (Å²) in [6.45, 7) is 6.51. The number of carbonyl (C=O) groups excluding carboxylic acids is 3. The summed E-state index contributed by atoms with van der Waals surface area (Å²) in [6, 6.07) is 0. The van der Waals surface area contributed by atoms with Crippen molar-refractivity contribution >= 4 is 17.9 Å². The van der Waals surface area contributed by atoms with Gasteiger partial charge in [-0.05, 0) is 89.9 Å². The van der Waals surface area contributed by atoms with Gasteiger partial charge in [0.05, 0.1) is 0 Å². The zero-order valence-corrected chi connectivity index (χ0v) is 49.1. The van der Waals surface area contributed by atoms with E-state index < -0.39 is 6.10 Å². The number of hydrogen-bond donors (Lipinski definition) is 0. The highest BCUT2D eigenvalue weighted by Crippen LogP contribution is 2.17. The van der Waals surface area contributed by atoms with Crippen molar-refractivity contribution in [1.82, 2.24) is 0 Å². The van der Waals surface area contributed by atoms with Crippen molar-refractivity contribution in [3.63, 3.8) is 0 Å². The zero-order chi connectivity index (χ0) is 53.6. The van der Waals surface area contributed by atoms with Crippen molar-refractivity contribution in [2.75, 3.05) is 13.2 Å². The van der Waals surface area contributed by atoms with Crippen molar-refractivity contribution in [1.29, 1.82) is 0 Å².